The van der Waals surface area contributed by atoms with Crippen molar-refractivity contribution in [2.75, 3.05) is 19.7 Å². The highest BCUT2D eigenvalue weighted by molar-refractivity contribution is 5.77. The number of nitrogens with one attached hydrogen (secondary N) is 1. The molecule has 0 amide bonds. The van der Waals surface area contributed by atoms with Gasteiger partial charge in [-0.3, -0.25) is 4.99 Å². The second-order valence-electron chi connectivity index (χ2n) is 3.34. The smallest absolute Gasteiger partial charge is 0.188 e. The van der Waals surface area contributed by atoms with E-state index in [0.29, 0.717) is 25.5 Å². The van der Waals surface area contributed by atoms with Crippen molar-refractivity contribution < 1.29 is 5.11 Å². The Morgan fingerprint density at radius 3 is 2.82 bits per heavy atom. The molecule has 4 heteroatoms. The molecule has 0 heterocycles. The van der Waals surface area contributed by atoms with E-state index in [1.54, 1.807) is 0 Å². The topological polar surface area (TPSA) is 70.6 Å². The van der Waals surface area contributed by atoms with Crippen LogP contribution in [0.3, 0.4) is 0 Å². The van der Waals surface area contributed by atoms with Gasteiger partial charge in [0.1, 0.15) is 0 Å². The van der Waals surface area contributed by atoms with Gasteiger partial charge in [0.15, 0.2) is 5.96 Å². The molecular weight excluding hydrogens is 214 g/mol. The molecule has 1 aromatic rings. The number of aliphatic hydroxyl groups excluding tert-OH is 1. The first kappa shape index (κ1) is 13.1. The molecule has 0 aliphatic carbocycles. The highest BCUT2D eigenvalue weighted by atomic mass is 16.3. The summed E-state index contributed by atoms with van der Waals surface area (Å²) in [6, 6.07) is 9.81. The molecule has 0 aliphatic rings. The Labute approximate surface area is 102 Å². The second kappa shape index (κ2) is 8.20. The molecule has 0 saturated heterocycles. The molecule has 1 rings (SSSR count). The summed E-state index contributed by atoms with van der Waals surface area (Å²) in [7, 11) is 0. The van der Waals surface area contributed by atoms with Crippen LogP contribution in [0, 0.1) is 11.8 Å². The lowest BCUT2D eigenvalue weighted by atomic mass is 10.2. The number of aliphatic imine (C=N–C) groups is 1. The first-order valence-electron chi connectivity index (χ1n) is 5.51. The molecule has 0 bridgehead atoms. The number of nitrogens with zero attached hydrogens (tertiary/aromatic N) is 1. The van der Waals surface area contributed by atoms with E-state index in [2.05, 4.69) is 22.2 Å². The highest BCUT2D eigenvalue weighted by Crippen LogP contribution is 1.94. The third kappa shape index (κ3) is 6.23. The largest absolute Gasteiger partial charge is 0.395 e. The Kier molecular flexibility index (Phi) is 6.30. The van der Waals surface area contributed by atoms with Crippen LogP contribution in [-0.2, 0) is 0 Å². The van der Waals surface area contributed by atoms with Crippen molar-refractivity contribution in [1.82, 2.24) is 5.32 Å². The first-order chi connectivity index (χ1) is 8.33. The van der Waals surface area contributed by atoms with Gasteiger partial charge in [0.25, 0.3) is 0 Å². The Morgan fingerprint density at radius 2 is 2.12 bits per heavy atom. The summed E-state index contributed by atoms with van der Waals surface area (Å²) in [5.41, 5.74) is 6.54. The van der Waals surface area contributed by atoms with Crippen molar-refractivity contribution in [3.8, 4) is 11.8 Å². The summed E-state index contributed by atoms with van der Waals surface area (Å²) in [5.74, 6) is 6.41. The lowest BCUT2D eigenvalue weighted by Crippen LogP contribution is -2.33. The Morgan fingerprint density at radius 1 is 1.35 bits per heavy atom. The molecule has 0 atom stereocenters. The fourth-order valence-electron chi connectivity index (χ4n) is 1.16. The van der Waals surface area contributed by atoms with Crippen molar-refractivity contribution in [2.24, 2.45) is 10.7 Å². The zero-order valence-electron chi connectivity index (χ0n) is 9.69. The molecule has 0 aliphatic heterocycles. The molecule has 0 fully saturated rings. The van der Waals surface area contributed by atoms with Crippen molar-refractivity contribution in [3.05, 3.63) is 35.9 Å². The summed E-state index contributed by atoms with van der Waals surface area (Å²) in [6.07, 6.45) is 0.663. The van der Waals surface area contributed by atoms with Crippen molar-refractivity contribution in [3.63, 3.8) is 0 Å². The maximum atomic E-state index is 8.56. The van der Waals surface area contributed by atoms with Gasteiger partial charge in [0.2, 0.25) is 0 Å². The number of aliphatic hydroxyl groups is 1. The minimum Gasteiger partial charge on any atom is -0.395 e. The van der Waals surface area contributed by atoms with E-state index in [1.165, 1.54) is 0 Å². The molecule has 0 saturated carbocycles. The zero-order valence-corrected chi connectivity index (χ0v) is 9.69. The number of benzene rings is 1. The quantitative estimate of drug-likeness (QED) is 0.302. The van der Waals surface area contributed by atoms with Gasteiger partial charge < -0.3 is 16.2 Å². The summed E-state index contributed by atoms with van der Waals surface area (Å²) in [6.45, 7) is 1.03. The molecule has 0 radical (unpaired) electrons. The van der Waals surface area contributed by atoms with Gasteiger partial charge >= 0.3 is 0 Å². The van der Waals surface area contributed by atoms with Crippen LogP contribution >= 0.6 is 0 Å². The van der Waals surface area contributed by atoms with E-state index in [1.807, 2.05) is 30.3 Å². The summed E-state index contributed by atoms with van der Waals surface area (Å²) in [5, 5.41) is 11.3. The van der Waals surface area contributed by atoms with E-state index in [4.69, 9.17) is 10.8 Å². The lowest BCUT2D eigenvalue weighted by Gasteiger charge is -2.01. The van der Waals surface area contributed by atoms with Gasteiger partial charge in [0, 0.05) is 18.5 Å². The Balaban J connectivity index is 2.27. The number of rotatable bonds is 4. The number of nitrogens with two attached hydrogens (primary N) is 1. The molecule has 90 valence electrons. The molecule has 0 aromatic heterocycles. The van der Waals surface area contributed by atoms with Gasteiger partial charge in [-0.25, -0.2) is 0 Å². The fourth-order valence-corrected chi connectivity index (χ4v) is 1.16. The van der Waals surface area contributed by atoms with E-state index in [9.17, 15) is 0 Å². The Hall–Kier alpha value is -1.99. The monoisotopic (exact) mass is 231 g/mol. The summed E-state index contributed by atoms with van der Waals surface area (Å²) < 4.78 is 0. The summed E-state index contributed by atoms with van der Waals surface area (Å²) in [4.78, 5) is 4.06. The summed E-state index contributed by atoms with van der Waals surface area (Å²) >= 11 is 0. The maximum Gasteiger partial charge on any atom is 0.188 e. The predicted octanol–water partition coefficient (Wildman–Crippen LogP) is 0.325. The number of hydrogen-bond donors (Lipinski definition) is 3. The van der Waals surface area contributed by atoms with Crippen LogP contribution in [0.2, 0.25) is 0 Å². The van der Waals surface area contributed by atoms with Crippen molar-refractivity contribution >= 4 is 5.96 Å². The van der Waals surface area contributed by atoms with E-state index in [-0.39, 0.29) is 6.61 Å². The predicted molar refractivity (Wildman–Crippen MR) is 69.5 cm³/mol. The van der Waals surface area contributed by atoms with E-state index in [0.717, 1.165) is 5.56 Å². The molecule has 0 unspecified atom stereocenters. The third-order valence-corrected chi connectivity index (χ3v) is 1.94. The van der Waals surface area contributed by atoms with Crippen molar-refractivity contribution in [1.29, 1.82) is 0 Å². The van der Waals surface area contributed by atoms with Gasteiger partial charge in [-0.2, -0.15) is 0 Å². The van der Waals surface area contributed by atoms with Gasteiger partial charge in [-0.15, -0.1) is 0 Å². The average Bonchev–Trinajstić information content (AvgIpc) is 2.37. The van der Waals surface area contributed by atoms with Crippen LogP contribution in [0.15, 0.2) is 35.3 Å². The van der Waals surface area contributed by atoms with Crippen molar-refractivity contribution in [2.45, 2.75) is 6.42 Å². The molecular formula is C13H17N3O. The molecule has 1 aromatic carbocycles. The number of hydrogen-bond acceptors (Lipinski definition) is 2. The molecule has 4 N–H and O–H groups in total. The van der Waals surface area contributed by atoms with Gasteiger partial charge in [-0.05, 0) is 12.1 Å². The van der Waals surface area contributed by atoms with Crippen LogP contribution in [0.25, 0.3) is 0 Å². The third-order valence-electron chi connectivity index (χ3n) is 1.94. The Bertz CT molecular complexity index is 404. The maximum absolute atomic E-state index is 8.56. The lowest BCUT2D eigenvalue weighted by molar-refractivity contribution is 0.300. The normalized spacial score (nSPS) is 10.5. The van der Waals surface area contributed by atoms with Crippen LogP contribution in [0.1, 0.15) is 12.0 Å². The van der Waals surface area contributed by atoms with Crippen LogP contribution in [0.5, 0.6) is 0 Å². The minimum absolute atomic E-state index is 0.0457. The van der Waals surface area contributed by atoms with E-state index < -0.39 is 0 Å². The SMILES string of the molecule is NC(=NCCC#Cc1ccccc1)NCCO. The molecule has 4 nitrogen and oxygen atoms in total. The van der Waals surface area contributed by atoms with Crippen LogP contribution in [0.4, 0.5) is 0 Å². The highest BCUT2D eigenvalue weighted by Gasteiger charge is 1.87. The molecule has 17 heavy (non-hydrogen) atoms. The molecule has 0 spiro atoms. The standard InChI is InChI=1S/C13H17N3O/c14-13(16-10-11-17)15-9-5-4-8-12-6-2-1-3-7-12/h1-3,6-7,17H,5,9-11H2,(H3,14,15,16). The van der Waals surface area contributed by atoms with Crippen LogP contribution in [-0.4, -0.2) is 30.8 Å². The second-order valence-corrected chi connectivity index (χ2v) is 3.34. The average molecular weight is 231 g/mol. The fraction of sp³-hybridized carbons (Fsp3) is 0.308. The number of guanidine groups is 1. The van der Waals surface area contributed by atoms with Gasteiger partial charge in [0.05, 0.1) is 13.2 Å². The first-order valence-corrected chi connectivity index (χ1v) is 5.51. The minimum atomic E-state index is 0.0457. The van der Waals surface area contributed by atoms with Gasteiger partial charge in [-0.1, -0.05) is 30.0 Å². The zero-order chi connectivity index (χ0) is 12.3. The van der Waals surface area contributed by atoms with Crippen LogP contribution < -0.4 is 11.1 Å². The van der Waals surface area contributed by atoms with E-state index >= 15 is 0 Å².